The number of benzene rings is 2. The first kappa shape index (κ1) is 18.6. The lowest BCUT2D eigenvalue weighted by Crippen LogP contribution is -2.20. The van der Waals surface area contributed by atoms with Gasteiger partial charge in [-0.3, -0.25) is 10.1 Å². The highest BCUT2D eigenvalue weighted by Gasteiger charge is 2.14. The number of aromatic nitrogens is 2. The number of nitrogens with one attached hydrogen (secondary N) is 1. The van der Waals surface area contributed by atoms with E-state index in [4.69, 9.17) is 32.4 Å². The van der Waals surface area contributed by atoms with Crippen molar-refractivity contribution in [3.63, 3.8) is 0 Å². The molecule has 1 aromatic heterocycles. The van der Waals surface area contributed by atoms with Gasteiger partial charge in [0, 0.05) is 9.92 Å². The van der Waals surface area contributed by atoms with Crippen molar-refractivity contribution in [1.29, 1.82) is 0 Å². The van der Waals surface area contributed by atoms with Gasteiger partial charge in [-0.1, -0.05) is 40.4 Å². The molecule has 2 aromatic carbocycles. The third-order valence-corrected chi connectivity index (χ3v) is 4.59. The van der Waals surface area contributed by atoms with Crippen LogP contribution < -0.4 is 10.1 Å². The highest BCUT2D eigenvalue weighted by molar-refractivity contribution is 7.98. The summed E-state index contributed by atoms with van der Waals surface area (Å²) in [6, 6.07) is 12.4. The summed E-state index contributed by atoms with van der Waals surface area (Å²) < 4.78 is 10.9. The molecule has 0 fully saturated rings. The van der Waals surface area contributed by atoms with Gasteiger partial charge in [0.05, 0.1) is 10.6 Å². The Bertz CT molecular complexity index is 933. The second kappa shape index (κ2) is 8.44. The van der Waals surface area contributed by atoms with E-state index in [-0.39, 0.29) is 12.6 Å². The predicted molar refractivity (Wildman–Crippen MR) is 102 cm³/mol. The first-order valence-corrected chi connectivity index (χ1v) is 9.39. The van der Waals surface area contributed by atoms with Crippen LogP contribution in [0, 0.1) is 0 Å². The fourth-order valence-electron chi connectivity index (χ4n) is 2.09. The fraction of sp³-hybridized carbons (Fsp3) is 0.118. The van der Waals surface area contributed by atoms with Crippen molar-refractivity contribution in [3.05, 3.63) is 52.5 Å². The summed E-state index contributed by atoms with van der Waals surface area (Å²) in [5.41, 5.74) is 0.803. The van der Waals surface area contributed by atoms with E-state index in [1.165, 1.54) is 6.07 Å². The second-order valence-corrected chi connectivity index (χ2v) is 6.72. The van der Waals surface area contributed by atoms with Gasteiger partial charge in [0.2, 0.25) is 0 Å². The molecule has 0 spiro atoms. The minimum atomic E-state index is -0.454. The van der Waals surface area contributed by atoms with Gasteiger partial charge in [-0.05, 0) is 36.6 Å². The summed E-state index contributed by atoms with van der Waals surface area (Å²) in [4.78, 5) is 13.0. The SMILES string of the molecule is CSc1ccccc1-c1nnc(NC(=O)COc2ccc(Cl)cc2Cl)o1. The van der Waals surface area contributed by atoms with Crippen LogP contribution in [0.2, 0.25) is 10.0 Å². The second-order valence-electron chi connectivity index (χ2n) is 5.02. The van der Waals surface area contributed by atoms with Crippen LogP contribution in [-0.4, -0.2) is 29.0 Å². The zero-order valence-corrected chi connectivity index (χ0v) is 15.9. The number of carbonyl (C=O) groups excluding carboxylic acids is 1. The van der Waals surface area contributed by atoms with Crippen LogP contribution in [0.1, 0.15) is 0 Å². The molecule has 0 saturated heterocycles. The molecule has 1 amide bonds. The Balaban J connectivity index is 1.62. The number of ether oxygens (including phenoxy) is 1. The Hall–Kier alpha value is -2.22. The van der Waals surface area contributed by atoms with E-state index in [9.17, 15) is 4.79 Å². The predicted octanol–water partition coefficient (Wildman–Crippen LogP) is 4.78. The maximum atomic E-state index is 12.0. The summed E-state index contributed by atoms with van der Waals surface area (Å²) >= 11 is 13.4. The summed E-state index contributed by atoms with van der Waals surface area (Å²) in [6.07, 6.45) is 1.96. The van der Waals surface area contributed by atoms with Crippen molar-refractivity contribution in [2.24, 2.45) is 0 Å². The average molecular weight is 410 g/mol. The zero-order chi connectivity index (χ0) is 18.5. The van der Waals surface area contributed by atoms with Crippen molar-refractivity contribution < 1.29 is 13.9 Å². The molecule has 0 aliphatic rings. The van der Waals surface area contributed by atoms with Crippen molar-refractivity contribution in [3.8, 4) is 17.2 Å². The van der Waals surface area contributed by atoms with E-state index in [0.29, 0.717) is 21.7 Å². The molecule has 9 heteroatoms. The fourth-order valence-corrected chi connectivity index (χ4v) is 3.15. The number of hydrogen-bond donors (Lipinski definition) is 1. The number of anilines is 1. The minimum Gasteiger partial charge on any atom is -0.482 e. The largest absolute Gasteiger partial charge is 0.482 e. The minimum absolute atomic E-state index is 0.00768. The molecule has 0 atom stereocenters. The van der Waals surface area contributed by atoms with Gasteiger partial charge in [-0.25, -0.2) is 0 Å². The van der Waals surface area contributed by atoms with E-state index in [1.807, 2.05) is 30.5 Å². The van der Waals surface area contributed by atoms with Gasteiger partial charge in [0.15, 0.2) is 6.61 Å². The molecule has 0 radical (unpaired) electrons. The average Bonchev–Trinajstić information content (AvgIpc) is 3.09. The number of hydrogen-bond acceptors (Lipinski definition) is 6. The Morgan fingerprint density at radius 3 is 2.81 bits per heavy atom. The van der Waals surface area contributed by atoms with E-state index < -0.39 is 5.91 Å². The number of halogens is 2. The Morgan fingerprint density at radius 1 is 1.23 bits per heavy atom. The lowest BCUT2D eigenvalue weighted by Gasteiger charge is -2.07. The smallest absolute Gasteiger partial charge is 0.322 e. The van der Waals surface area contributed by atoms with Gasteiger partial charge < -0.3 is 9.15 Å². The number of nitrogens with zero attached hydrogens (tertiary/aromatic N) is 2. The van der Waals surface area contributed by atoms with Gasteiger partial charge >= 0.3 is 6.01 Å². The van der Waals surface area contributed by atoms with Crippen molar-refractivity contribution >= 4 is 46.9 Å². The Morgan fingerprint density at radius 2 is 2.04 bits per heavy atom. The van der Waals surface area contributed by atoms with Gasteiger partial charge in [-0.2, -0.15) is 0 Å². The molecule has 0 aliphatic heterocycles. The van der Waals surface area contributed by atoms with Gasteiger partial charge in [0.1, 0.15) is 5.75 Å². The number of thioether (sulfide) groups is 1. The first-order chi connectivity index (χ1) is 12.6. The third kappa shape index (κ3) is 4.49. The normalized spacial score (nSPS) is 10.6. The molecule has 134 valence electrons. The van der Waals surface area contributed by atoms with Gasteiger partial charge in [0.25, 0.3) is 11.8 Å². The maximum Gasteiger partial charge on any atom is 0.322 e. The van der Waals surface area contributed by atoms with Crippen molar-refractivity contribution in [1.82, 2.24) is 10.2 Å². The lowest BCUT2D eigenvalue weighted by molar-refractivity contribution is -0.118. The van der Waals surface area contributed by atoms with E-state index in [0.717, 1.165) is 10.5 Å². The molecule has 0 aliphatic carbocycles. The van der Waals surface area contributed by atoms with Gasteiger partial charge in [-0.15, -0.1) is 16.9 Å². The van der Waals surface area contributed by atoms with E-state index in [2.05, 4.69) is 15.5 Å². The standard InChI is InChI=1S/C17H13Cl2N3O3S/c1-26-14-5-3-2-4-11(14)16-21-22-17(25-16)20-15(23)9-24-13-7-6-10(18)8-12(13)19/h2-8H,9H2,1H3,(H,20,22,23). The molecule has 0 unspecified atom stereocenters. The number of carbonyl (C=O) groups is 1. The van der Waals surface area contributed by atoms with Crippen LogP contribution in [0.5, 0.6) is 5.75 Å². The van der Waals surface area contributed by atoms with Crippen LogP contribution >= 0.6 is 35.0 Å². The third-order valence-electron chi connectivity index (χ3n) is 3.26. The van der Waals surface area contributed by atoms with Crippen LogP contribution in [-0.2, 0) is 4.79 Å². The zero-order valence-electron chi connectivity index (χ0n) is 13.5. The molecular formula is C17H13Cl2N3O3S. The molecule has 3 aromatic rings. The number of amides is 1. The lowest BCUT2D eigenvalue weighted by atomic mass is 10.2. The van der Waals surface area contributed by atoms with E-state index in [1.54, 1.807) is 23.9 Å². The summed E-state index contributed by atoms with van der Waals surface area (Å²) in [6.45, 7) is -0.263. The Labute approximate surface area is 163 Å². The van der Waals surface area contributed by atoms with Crippen molar-refractivity contribution in [2.75, 3.05) is 18.2 Å². The Kier molecular flexibility index (Phi) is 6.03. The molecular weight excluding hydrogens is 397 g/mol. The molecule has 6 nitrogen and oxygen atoms in total. The van der Waals surface area contributed by atoms with Crippen LogP contribution in [0.4, 0.5) is 6.01 Å². The molecule has 26 heavy (non-hydrogen) atoms. The van der Waals surface area contributed by atoms with Crippen LogP contribution in [0.25, 0.3) is 11.5 Å². The molecule has 0 saturated carbocycles. The first-order valence-electron chi connectivity index (χ1n) is 7.41. The maximum absolute atomic E-state index is 12.0. The molecule has 0 bridgehead atoms. The van der Waals surface area contributed by atoms with E-state index >= 15 is 0 Å². The number of rotatable bonds is 6. The highest BCUT2D eigenvalue weighted by Crippen LogP contribution is 2.30. The van der Waals surface area contributed by atoms with Crippen LogP contribution in [0.3, 0.4) is 0 Å². The molecule has 1 heterocycles. The quantitative estimate of drug-likeness (QED) is 0.590. The molecule has 3 rings (SSSR count). The van der Waals surface area contributed by atoms with Crippen LogP contribution in [0.15, 0.2) is 51.8 Å². The summed E-state index contributed by atoms with van der Waals surface area (Å²) in [7, 11) is 0. The summed E-state index contributed by atoms with van der Waals surface area (Å²) in [5, 5.41) is 11.1. The molecule has 1 N–H and O–H groups in total. The summed E-state index contributed by atoms with van der Waals surface area (Å²) in [5.74, 6) is 0.225. The van der Waals surface area contributed by atoms with Crippen molar-refractivity contribution in [2.45, 2.75) is 4.90 Å². The highest BCUT2D eigenvalue weighted by atomic mass is 35.5. The monoisotopic (exact) mass is 409 g/mol. The topological polar surface area (TPSA) is 77.2 Å².